The van der Waals surface area contributed by atoms with Gasteiger partial charge < -0.3 is 25.6 Å². The molecule has 0 atom stereocenters. The molecule has 1 aliphatic rings. The van der Waals surface area contributed by atoms with Crippen molar-refractivity contribution in [1.29, 1.82) is 0 Å². The van der Waals surface area contributed by atoms with Gasteiger partial charge in [-0.2, -0.15) is 0 Å². The molecule has 0 saturated carbocycles. The molecule has 2 heterocycles. The summed E-state index contributed by atoms with van der Waals surface area (Å²) in [6.07, 6.45) is 5.55. The molecular weight excluding hydrogens is 458 g/mol. The van der Waals surface area contributed by atoms with Crippen molar-refractivity contribution < 1.29 is 19.1 Å². The third kappa shape index (κ3) is 6.38. The zero-order valence-electron chi connectivity index (χ0n) is 20.1. The van der Waals surface area contributed by atoms with Crippen LogP contribution in [0.2, 0.25) is 0 Å². The lowest BCUT2D eigenvalue weighted by atomic mass is 10.1. The number of carbonyl (C=O) groups excluding carboxylic acids is 3. The number of benzene rings is 2. The number of aromatic nitrogens is 1. The number of urea groups is 1. The standard InChI is InChI=1S/C27H29N5O4/c1-2-36-26(34)20-7-9-21(10-8-20)30-27(35)31-22-11-12-24(32-14-3-4-15-32)23(16-22)25(33)29-18-19-6-5-13-28-17-19/h5-13,16-17H,2-4,14-15,18H2,1H3,(H,29,33)(H2,30,31,35). The molecule has 0 aliphatic carbocycles. The molecule has 1 fully saturated rings. The number of nitrogens with zero attached hydrogens (tertiary/aromatic N) is 2. The van der Waals surface area contributed by atoms with Crippen LogP contribution >= 0.6 is 0 Å². The minimum Gasteiger partial charge on any atom is -0.462 e. The Morgan fingerprint density at radius 1 is 0.972 bits per heavy atom. The van der Waals surface area contributed by atoms with Crippen molar-refractivity contribution in [1.82, 2.24) is 10.3 Å². The van der Waals surface area contributed by atoms with Crippen LogP contribution in [0.3, 0.4) is 0 Å². The number of amides is 3. The summed E-state index contributed by atoms with van der Waals surface area (Å²) in [4.78, 5) is 43.8. The van der Waals surface area contributed by atoms with Crippen LogP contribution < -0.4 is 20.9 Å². The van der Waals surface area contributed by atoms with Gasteiger partial charge in [0.2, 0.25) is 0 Å². The monoisotopic (exact) mass is 487 g/mol. The molecule has 1 saturated heterocycles. The van der Waals surface area contributed by atoms with Gasteiger partial charge >= 0.3 is 12.0 Å². The fourth-order valence-electron chi connectivity index (χ4n) is 4.01. The van der Waals surface area contributed by atoms with E-state index in [4.69, 9.17) is 4.74 Å². The lowest BCUT2D eigenvalue weighted by Crippen LogP contribution is -2.27. The van der Waals surface area contributed by atoms with Crippen molar-refractivity contribution >= 4 is 35.0 Å². The van der Waals surface area contributed by atoms with Crippen LogP contribution in [0.15, 0.2) is 67.0 Å². The first kappa shape index (κ1) is 24.7. The van der Waals surface area contributed by atoms with E-state index in [0.717, 1.165) is 37.2 Å². The maximum absolute atomic E-state index is 13.1. The molecule has 3 N–H and O–H groups in total. The summed E-state index contributed by atoms with van der Waals surface area (Å²) in [7, 11) is 0. The van der Waals surface area contributed by atoms with Gasteiger partial charge in [-0.25, -0.2) is 9.59 Å². The van der Waals surface area contributed by atoms with Gasteiger partial charge in [-0.05, 0) is 73.9 Å². The maximum atomic E-state index is 13.1. The smallest absolute Gasteiger partial charge is 0.338 e. The summed E-state index contributed by atoms with van der Waals surface area (Å²) < 4.78 is 4.97. The lowest BCUT2D eigenvalue weighted by Gasteiger charge is -2.22. The first-order valence-corrected chi connectivity index (χ1v) is 11.9. The Kier molecular flexibility index (Phi) is 8.12. The van der Waals surface area contributed by atoms with Gasteiger partial charge in [0.15, 0.2) is 0 Å². The number of nitrogens with one attached hydrogen (secondary N) is 3. The third-order valence-corrected chi connectivity index (χ3v) is 5.78. The van der Waals surface area contributed by atoms with E-state index in [9.17, 15) is 14.4 Å². The largest absolute Gasteiger partial charge is 0.462 e. The SMILES string of the molecule is CCOC(=O)c1ccc(NC(=O)Nc2ccc(N3CCCC3)c(C(=O)NCc3cccnc3)c2)cc1. The number of rotatable bonds is 8. The Hall–Kier alpha value is -4.40. The second kappa shape index (κ2) is 11.8. The van der Waals surface area contributed by atoms with Crippen LogP contribution in [-0.4, -0.2) is 42.6 Å². The van der Waals surface area contributed by atoms with E-state index in [1.807, 2.05) is 18.2 Å². The van der Waals surface area contributed by atoms with E-state index in [0.29, 0.717) is 35.7 Å². The van der Waals surface area contributed by atoms with Crippen molar-refractivity contribution in [3.05, 3.63) is 83.7 Å². The molecule has 3 amide bonds. The number of ether oxygens (including phenoxy) is 1. The van der Waals surface area contributed by atoms with E-state index in [1.165, 1.54) is 0 Å². The van der Waals surface area contributed by atoms with Crippen molar-refractivity contribution in [3.8, 4) is 0 Å². The van der Waals surface area contributed by atoms with E-state index in [-0.39, 0.29) is 5.91 Å². The summed E-state index contributed by atoms with van der Waals surface area (Å²) in [6, 6.07) is 15.0. The van der Waals surface area contributed by atoms with Gasteiger partial charge in [-0.15, -0.1) is 0 Å². The molecule has 186 valence electrons. The molecule has 1 aliphatic heterocycles. The van der Waals surface area contributed by atoms with E-state index < -0.39 is 12.0 Å². The topological polar surface area (TPSA) is 113 Å². The van der Waals surface area contributed by atoms with Crippen LogP contribution in [0.25, 0.3) is 0 Å². The van der Waals surface area contributed by atoms with Gasteiger partial charge in [0, 0.05) is 49.1 Å². The molecule has 3 aromatic rings. The zero-order chi connectivity index (χ0) is 25.3. The van der Waals surface area contributed by atoms with Gasteiger partial charge in [-0.3, -0.25) is 9.78 Å². The number of pyridine rings is 1. The lowest BCUT2D eigenvalue weighted by molar-refractivity contribution is 0.0526. The Morgan fingerprint density at radius 3 is 2.39 bits per heavy atom. The van der Waals surface area contributed by atoms with Crippen molar-refractivity contribution in [2.75, 3.05) is 35.2 Å². The highest BCUT2D eigenvalue weighted by Gasteiger charge is 2.20. The molecule has 0 spiro atoms. The molecule has 4 rings (SSSR count). The molecule has 9 heteroatoms. The average Bonchev–Trinajstić information content (AvgIpc) is 3.43. The second-order valence-electron chi connectivity index (χ2n) is 8.35. The van der Waals surface area contributed by atoms with Crippen molar-refractivity contribution in [3.63, 3.8) is 0 Å². The molecule has 1 aromatic heterocycles. The van der Waals surface area contributed by atoms with E-state index in [2.05, 4.69) is 25.8 Å². The number of anilines is 3. The zero-order valence-corrected chi connectivity index (χ0v) is 20.1. The minimum atomic E-state index is -0.463. The van der Waals surface area contributed by atoms with Gasteiger partial charge in [0.1, 0.15) is 0 Å². The van der Waals surface area contributed by atoms with Crippen LogP contribution in [0.5, 0.6) is 0 Å². The predicted octanol–water partition coefficient (Wildman–Crippen LogP) is 4.43. The Bertz CT molecular complexity index is 1210. The van der Waals surface area contributed by atoms with Gasteiger partial charge in [0.05, 0.1) is 17.7 Å². The molecule has 36 heavy (non-hydrogen) atoms. The first-order valence-electron chi connectivity index (χ1n) is 11.9. The molecule has 0 unspecified atom stereocenters. The molecule has 2 aromatic carbocycles. The molecular formula is C27H29N5O4. The summed E-state index contributed by atoms with van der Waals surface area (Å²) in [5, 5.41) is 8.47. The predicted molar refractivity (Wildman–Crippen MR) is 138 cm³/mol. The fraction of sp³-hybridized carbons (Fsp3) is 0.259. The van der Waals surface area contributed by atoms with Crippen molar-refractivity contribution in [2.24, 2.45) is 0 Å². The quantitative estimate of drug-likeness (QED) is 0.405. The van der Waals surface area contributed by atoms with E-state index >= 15 is 0 Å². The van der Waals surface area contributed by atoms with Gasteiger partial charge in [0.25, 0.3) is 5.91 Å². The fourth-order valence-corrected chi connectivity index (χ4v) is 4.01. The minimum absolute atomic E-state index is 0.223. The molecule has 9 nitrogen and oxygen atoms in total. The average molecular weight is 488 g/mol. The van der Waals surface area contributed by atoms with Crippen molar-refractivity contribution in [2.45, 2.75) is 26.3 Å². The Labute approximate surface area is 209 Å². The van der Waals surface area contributed by atoms with Crippen LogP contribution in [0, 0.1) is 0 Å². The van der Waals surface area contributed by atoms with Crippen LogP contribution in [0.1, 0.15) is 46.0 Å². The summed E-state index contributed by atoms with van der Waals surface area (Å²) >= 11 is 0. The maximum Gasteiger partial charge on any atom is 0.338 e. The Balaban J connectivity index is 1.45. The summed E-state index contributed by atoms with van der Waals surface area (Å²) in [5.41, 5.74) is 3.65. The summed E-state index contributed by atoms with van der Waals surface area (Å²) in [6.45, 7) is 4.16. The Morgan fingerprint density at radius 2 is 1.69 bits per heavy atom. The second-order valence-corrected chi connectivity index (χ2v) is 8.35. The van der Waals surface area contributed by atoms with Gasteiger partial charge in [-0.1, -0.05) is 6.07 Å². The highest BCUT2D eigenvalue weighted by molar-refractivity contribution is 6.04. The van der Waals surface area contributed by atoms with E-state index in [1.54, 1.807) is 55.7 Å². The third-order valence-electron chi connectivity index (χ3n) is 5.78. The number of hydrogen-bond acceptors (Lipinski definition) is 6. The highest BCUT2D eigenvalue weighted by atomic mass is 16.5. The molecule has 0 bridgehead atoms. The molecule has 0 radical (unpaired) electrons. The number of carbonyl (C=O) groups is 3. The number of hydrogen-bond donors (Lipinski definition) is 3. The van der Waals surface area contributed by atoms with Crippen LogP contribution in [-0.2, 0) is 11.3 Å². The first-order chi connectivity index (χ1) is 17.5. The van der Waals surface area contributed by atoms with Crippen LogP contribution in [0.4, 0.5) is 21.9 Å². The highest BCUT2D eigenvalue weighted by Crippen LogP contribution is 2.28. The normalized spacial score (nSPS) is 12.6. The number of esters is 1. The summed E-state index contributed by atoms with van der Waals surface area (Å²) in [5.74, 6) is -0.639.